The molecule has 0 aromatic heterocycles. The maximum atomic E-state index is 5.42. The molecule has 13 heavy (non-hydrogen) atoms. The number of ether oxygens (including phenoxy) is 1. The van der Waals surface area contributed by atoms with Crippen LogP contribution in [0.15, 0.2) is 0 Å². The summed E-state index contributed by atoms with van der Waals surface area (Å²) < 4.78 is 5.42. The molecule has 0 aromatic carbocycles. The maximum Gasteiger partial charge on any atom is 0.0590 e. The van der Waals surface area contributed by atoms with Crippen LogP contribution in [0.1, 0.15) is 46.0 Å². The first-order valence-electron chi connectivity index (χ1n) is 5.70. The smallest absolute Gasteiger partial charge is 0.0590 e. The SMILES string of the molecule is CCCCCNCCOCCCC. The lowest BCUT2D eigenvalue weighted by atomic mass is 10.2. The van der Waals surface area contributed by atoms with Crippen LogP contribution in [0.4, 0.5) is 0 Å². The quantitative estimate of drug-likeness (QED) is 0.531. The molecule has 0 aromatic rings. The van der Waals surface area contributed by atoms with Gasteiger partial charge in [-0.2, -0.15) is 0 Å². The van der Waals surface area contributed by atoms with Crippen molar-refractivity contribution in [1.82, 2.24) is 5.32 Å². The Balaban J connectivity index is 2.76. The summed E-state index contributed by atoms with van der Waals surface area (Å²) in [7, 11) is 0. The number of rotatable bonds is 10. The molecule has 0 unspecified atom stereocenters. The Hall–Kier alpha value is -0.0800. The minimum atomic E-state index is 0.867. The molecular formula is C11H25NO. The van der Waals surface area contributed by atoms with E-state index in [1.54, 1.807) is 0 Å². The van der Waals surface area contributed by atoms with Crippen molar-refractivity contribution in [3.05, 3.63) is 0 Å². The molecule has 0 radical (unpaired) electrons. The molecule has 0 aliphatic carbocycles. The molecule has 0 aliphatic rings. The van der Waals surface area contributed by atoms with Crippen molar-refractivity contribution in [2.75, 3.05) is 26.3 Å². The second-order valence-electron chi connectivity index (χ2n) is 3.42. The second-order valence-corrected chi connectivity index (χ2v) is 3.42. The molecular weight excluding hydrogens is 162 g/mol. The van der Waals surface area contributed by atoms with Crippen LogP contribution < -0.4 is 5.32 Å². The summed E-state index contributed by atoms with van der Waals surface area (Å²) >= 11 is 0. The summed E-state index contributed by atoms with van der Waals surface area (Å²) in [6.45, 7) is 8.36. The van der Waals surface area contributed by atoms with Crippen LogP contribution >= 0.6 is 0 Å². The zero-order valence-corrected chi connectivity index (χ0v) is 9.27. The highest BCUT2D eigenvalue weighted by Crippen LogP contribution is 1.91. The zero-order chi connectivity index (χ0) is 9.78. The van der Waals surface area contributed by atoms with E-state index in [-0.39, 0.29) is 0 Å². The lowest BCUT2D eigenvalue weighted by Crippen LogP contribution is -2.21. The molecule has 0 atom stereocenters. The highest BCUT2D eigenvalue weighted by atomic mass is 16.5. The van der Waals surface area contributed by atoms with Crippen LogP contribution in [0.2, 0.25) is 0 Å². The summed E-state index contributed by atoms with van der Waals surface area (Å²) in [5.41, 5.74) is 0. The molecule has 0 spiro atoms. The summed E-state index contributed by atoms with van der Waals surface area (Å²) in [5, 5.41) is 3.37. The fourth-order valence-electron chi connectivity index (χ4n) is 1.12. The molecule has 2 heteroatoms. The lowest BCUT2D eigenvalue weighted by molar-refractivity contribution is 0.133. The molecule has 0 heterocycles. The van der Waals surface area contributed by atoms with E-state index in [1.807, 2.05) is 0 Å². The summed E-state index contributed by atoms with van der Waals surface area (Å²) in [4.78, 5) is 0. The third kappa shape index (κ3) is 11.9. The fraction of sp³-hybridized carbons (Fsp3) is 1.00. The number of unbranched alkanes of at least 4 members (excludes halogenated alkanes) is 3. The van der Waals surface area contributed by atoms with Gasteiger partial charge in [-0.3, -0.25) is 0 Å². The molecule has 1 N–H and O–H groups in total. The highest BCUT2D eigenvalue weighted by Gasteiger charge is 1.88. The highest BCUT2D eigenvalue weighted by molar-refractivity contribution is 4.46. The van der Waals surface area contributed by atoms with Gasteiger partial charge in [-0.15, -0.1) is 0 Å². The van der Waals surface area contributed by atoms with E-state index in [1.165, 1.54) is 32.1 Å². The van der Waals surface area contributed by atoms with Crippen LogP contribution in [0, 0.1) is 0 Å². The monoisotopic (exact) mass is 187 g/mol. The molecule has 0 aliphatic heterocycles. The van der Waals surface area contributed by atoms with Crippen molar-refractivity contribution < 1.29 is 4.74 Å². The Kier molecular flexibility index (Phi) is 11.8. The van der Waals surface area contributed by atoms with E-state index in [0.29, 0.717) is 0 Å². The van der Waals surface area contributed by atoms with Crippen molar-refractivity contribution in [3.63, 3.8) is 0 Å². The van der Waals surface area contributed by atoms with Crippen LogP contribution in [0.5, 0.6) is 0 Å². The topological polar surface area (TPSA) is 21.3 Å². The van der Waals surface area contributed by atoms with E-state index in [0.717, 1.165) is 26.3 Å². The van der Waals surface area contributed by atoms with E-state index in [2.05, 4.69) is 19.2 Å². The molecule has 0 saturated carbocycles. The molecule has 0 rings (SSSR count). The summed E-state index contributed by atoms with van der Waals surface area (Å²) in [6, 6.07) is 0. The first-order valence-corrected chi connectivity index (χ1v) is 5.70. The Labute approximate surface area is 83.1 Å². The average Bonchev–Trinajstić information content (AvgIpc) is 2.16. The Bertz CT molecular complexity index is 76.2. The third-order valence-electron chi connectivity index (χ3n) is 2.02. The average molecular weight is 187 g/mol. The van der Waals surface area contributed by atoms with Crippen molar-refractivity contribution in [2.24, 2.45) is 0 Å². The van der Waals surface area contributed by atoms with Gasteiger partial charge in [-0.25, -0.2) is 0 Å². The van der Waals surface area contributed by atoms with Crippen LogP contribution in [-0.4, -0.2) is 26.3 Å². The van der Waals surface area contributed by atoms with Crippen LogP contribution in [0.25, 0.3) is 0 Å². The van der Waals surface area contributed by atoms with Gasteiger partial charge in [-0.1, -0.05) is 33.1 Å². The third-order valence-corrected chi connectivity index (χ3v) is 2.02. The van der Waals surface area contributed by atoms with Crippen LogP contribution in [-0.2, 0) is 4.74 Å². The van der Waals surface area contributed by atoms with Gasteiger partial charge in [0, 0.05) is 13.2 Å². The first-order chi connectivity index (χ1) is 6.41. The molecule has 0 bridgehead atoms. The fourth-order valence-corrected chi connectivity index (χ4v) is 1.12. The Morgan fingerprint density at radius 3 is 2.31 bits per heavy atom. The van der Waals surface area contributed by atoms with Gasteiger partial charge in [-0.05, 0) is 19.4 Å². The Morgan fingerprint density at radius 1 is 0.846 bits per heavy atom. The molecule has 0 fully saturated rings. The minimum absolute atomic E-state index is 0.867. The van der Waals surface area contributed by atoms with Crippen LogP contribution in [0.3, 0.4) is 0 Å². The van der Waals surface area contributed by atoms with Crippen molar-refractivity contribution in [3.8, 4) is 0 Å². The van der Waals surface area contributed by atoms with Crippen molar-refractivity contribution in [2.45, 2.75) is 46.0 Å². The minimum Gasteiger partial charge on any atom is -0.380 e. The molecule has 0 amide bonds. The standard InChI is InChI=1S/C11H25NO/c1-3-5-7-8-12-9-11-13-10-6-4-2/h12H,3-11H2,1-2H3. The number of hydrogen-bond acceptors (Lipinski definition) is 2. The van der Waals surface area contributed by atoms with Gasteiger partial charge >= 0.3 is 0 Å². The Morgan fingerprint density at radius 2 is 1.62 bits per heavy atom. The molecule has 2 nitrogen and oxygen atoms in total. The van der Waals surface area contributed by atoms with Gasteiger partial charge in [0.1, 0.15) is 0 Å². The van der Waals surface area contributed by atoms with Gasteiger partial charge in [0.2, 0.25) is 0 Å². The van der Waals surface area contributed by atoms with E-state index < -0.39 is 0 Å². The predicted octanol–water partition coefficient (Wildman–Crippen LogP) is 2.58. The normalized spacial score (nSPS) is 10.6. The maximum absolute atomic E-state index is 5.42. The van der Waals surface area contributed by atoms with E-state index in [4.69, 9.17) is 4.74 Å². The first kappa shape index (κ1) is 12.9. The number of hydrogen-bond donors (Lipinski definition) is 1. The summed E-state index contributed by atoms with van der Waals surface area (Å²) in [5.74, 6) is 0. The number of nitrogens with one attached hydrogen (secondary N) is 1. The summed E-state index contributed by atoms with van der Waals surface area (Å²) in [6.07, 6.45) is 6.35. The second kappa shape index (κ2) is 11.9. The van der Waals surface area contributed by atoms with Crippen molar-refractivity contribution in [1.29, 1.82) is 0 Å². The largest absolute Gasteiger partial charge is 0.380 e. The van der Waals surface area contributed by atoms with Gasteiger partial charge in [0.15, 0.2) is 0 Å². The molecule has 80 valence electrons. The van der Waals surface area contributed by atoms with Gasteiger partial charge in [0.05, 0.1) is 6.61 Å². The van der Waals surface area contributed by atoms with Gasteiger partial charge < -0.3 is 10.1 Å². The van der Waals surface area contributed by atoms with Crippen molar-refractivity contribution >= 4 is 0 Å². The lowest BCUT2D eigenvalue weighted by Gasteiger charge is -2.04. The molecule has 0 saturated heterocycles. The van der Waals surface area contributed by atoms with E-state index in [9.17, 15) is 0 Å². The zero-order valence-electron chi connectivity index (χ0n) is 9.27. The van der Waals surface area contributed by atoms with E-state index >= 15 is 0 Å². The van der Waals surface area contributed by atoms with Gasteiger partial charge in [0.25, 0.3) is 0 Å². The predicted molar refractivity (Wildman–Crippen MR) is 58.1 cm³/mol.